The zero-order chi connectivity index (χ0) is 30.0. The molecule has 0 radical (unpaired) electrons. The molecule has 2 aromatic carbocycles. The van der Waals surface area contributed by atoms with Gasteiger partial charge in [-0.25, -0.2) is 4.79 Å². The van der Waals surface area contributed by atoms with Gasteiger partial charge in [-0.15, -0.1) is 0 Å². The molecule has 218 valence electrons. The third-order valence-electron chi connectivity index (χ3n) is 6.58. The number of amides is 3. The zero-order valence-corrected chi connectivity index (χ0v) is 22.7. The number of aliphatic carboxylic acids is 1. The van der Waals surface area contributed by atoms with E-state index >= 15 is 0 Å². The summed E-state index contributed by atoms with van der Waals surface area (Å²) in [6.07, 6.45) is -0.791. The Morgan fingerprint density at radius 1 is 0.750 bits per heavy atom. The predicted octanol–water partition coefficient (Wildman–Crippen LogP) is 0.176. The van der Waals surface area contributed by atoms with Crippen molar-refractivity contribution in [1.29, 1.82) is 0 Å². The summed E-state index contributed by atoms with van der Waals surface area (Å²) in [4.78, 5) is 51.0. The lowest BCUT2D eigenvalue weighted by molar-refractivity contribution is -0.145. The molecule has 0 aliphatic carbocycles. The Kier molecular flexibility index (Phi) is 11.9. The Labute approximate surface area is 232 Å². The molecule has 6 atom stereocenters. The second-order valence-corrected chi connectivity index (χ2v) is 9.85. The molecule has 2 aromatic rings. The number of benzene rings is 2. The second kappa shape index (κ2) is 14.8. The number of hydrogen-bond donors (Lipinski definition) is 8. The van der Waals surface area contributed by atoms with Crippen molar-refractivity contribution < 1.29 is 39.6 Å². The Balaban J connectivity index is 2.26. The molecule has 0 aromatic heterocycles. The molecule has 0 bridgehead atoms. The number of aliphatic hydroxyl groups is 1. The molecule has 0 aliphatic rings. The van der Waals surface area contributed by atoms with Crippen LogP contribution in [0.3, 0.4) is 0 Å². The Hall–Kier alpha value is -4.16. The first-order valence-electron chi connectivity index (χ1n) is 13.0. The van der Waals surface area contributed by atoms with Crippen LogP contribution in [0.15, 0.2) is 48.5 Å². The van der Waals surface area contributed by atoms with E-state index in [4.69, 9.17) is 5.73 Å². The highest BCUT2D eigenvalue weighted by Gasteiger charge is 2.34. The van der Waals surface area contributed by atoms with Gasteiger partial charge >= 0.3 is 5.97 Å². The lowest BCUT2D eigenvalue weighted by Gasteiger charge is -2.28. The molecular formula is C28H38N4O8. The van der Waals surface area contributed by atoms with Gasteiger partial charge in [0.05, 0.1) is 12.1 Å². The van der Waals surface area contributed by atoms with Gasteiger partial charge in [0.1, 0.15) is 23.6 Å². The summed E-state index contributed by atoms with van der Waals surface area (Å²) < 4.78 is 0. The summed E-state index contributed by atoms with van der Waals surface area (Å²) >= 11 is 0. The first-order chi connectivity index (χ1) is 18.8. The minimum atomic E-state index is -1.58. The van der Waals surface area contributed by atoms with Crippen LogP contribution in [0.4, 0.5) is 0 Å². The summed E-state index contributed by atoms with van der Waals surface area (Å²) in [5.41, 5.74) is 7.40. The summed E-state index contributed by atoms with van der Waals surface area (Å²) in [7, 11) is 0. The normalized spacial score (nSPS) is 15.5. The third-order valence-corrected chi connectivity index (χ3v) is 6.58. The van der Waals surface area contributed by atoms with Crippen molar-refractivity contribution in [2.24, 2.45) is 11.7 Å². The highest BCUT2D eigenvalue weighted by Crippen LogP contribution is 2.14. The van der Waals surface area contributed by atoms with E-state index in [1.54, 1.807) is 38.1 Å². The lowest BCUT2D eigenvalue weighted by atomic mass is 9.96. The lowest BCUT2D eigenvalue weighted by Crippen LogP contribution is -2.60. The van der Waals surface area contributed by atoms with Gasteiger partial charge in [-0.1, -0.05) is 44.5 Å². The van der Waals surface area contributed by atoms with Crippen LogP contribution in [0.1, 0.15) is 38.3 Å². The number of rotatable bonds is 14. The number of aliphatic hydroxyl groups excluding tert-OH is 1. The zero-order valence-electron chi connectivity index (χ0n) is 22.7. The van der Waals surface area contributed by atoms with E-state index in [0.29, 0.717) is 17.5 Å². The molecule has 0 aliphatic heterocycles. The highest BCUT2D eigenvalue weighted by atomic mass is 16.4. The standard InChI is InChI=1S/C28H38N4O8/c1-4-15(2)23(27(38)32-24(16(3)33)28(39)40)31-26(37)22(14-18-7-11-20(35)12-8-18)30-25(36)21(29)13-17-5-9-19(34)10-6-17/h5-12,15-16,21-24,33-35H,4,13-14,29H2,1-3H3,(H,30,36)(H,31,37)(H,32,38)(H,39,40). The van der Waals surface area contributed by atoms with E-state index in [-0.39, 0.29) is 24.3 Å². The van der Waals surface area contributed by atoms with Crippen molar-refractivity contribution in [1.82, 2.24) is 16.0 Å². The van der Waals surface area contributed by atoms with Gasteiger partial charge < -0.3 is 42.1 Å². The second-order valence-electron chi connectivity index (χ2n) is 9.85. The molecule has 40 heavy (non-hydrogen) atoms. The number of phenolic OH excluding ortho intramolecular Hbond substituents is 2. The minimum Gasteiger partial charge on any atom is -0.508 e. The molecule has 0 fully saturated rings. The fourth-order valence-electron chi connectivity index (χ4n) is 3.92. The summed E-state index contributed by atoms with van der Waals surface area (Å²) in [5.74, 6) is -3.90. The van der Waals surface area contributed by atoms with Crippen LogP contribution in [-0.2, 0) is 32.0 Å². The number of nitrogens with two attached hydrogens (primary N) is 1. The van der Waals surface area contributed by atoms with Gasteiger partial charge in [0.2, 0.25) is 17.7 Å². The Morgan fingerprint density at radius 3 is 1.68 bits per heavy atom. The quantitative estimate of drug-likeness (QED) is 0.159. The van der Waals surface area contributed by atoms with Gasteiger partial charge in [0.25, 0.3) is 0 Å². The van der Waals surface area contributed by atoms with E-state index < -0.39 is 59.9 Å². The smallest absolute Gasteiger partial charge is 0.328 e. The average molecular weight is 559 g/mol. The van der Waals surface area contributed by atoms with E-state index in [1.807, 2.05) is 0 Å². The van der Waals surface area contributed by atoms with Crippen LogP contribution >= 0.6 is 0 Å². The molecule has 9 N–H and O–H groups in total. The maximum absolute atomic E-state index is 13.5. The molecule has 0 saturated heterocycles. The maximum atomic E-state index is 13.5. The fraction of sp³-hybridized carbons (Fsp3) is 0.429. The van der Waals surface area contributed by atoms with E-state index in [0.717, 1.165) is 0 Å². The number of nitrogens with one attached hydrogen (secondary N) is 3. The topological polar surface area (TPSA) is 211 Å². The van der Waals surface area contributed by atoms with Crippen molar-refractivity contribution in [3.63, 3.8) is 0 Å². The molecule has 12 nitrogen and oxygen atoms in total. The van der Waals surface area contributed by atoms with E-state index in [9.17, 15) is 39.6 Å². The van der Waals surface area contributed by atoms with Crippen LogP contribution in [-0.4, -0.2) is 74.4 Å². The number of carbonyl (C=O) groups is 4. The highest BCUT2D eigenvalue weighted by molar-refractivity contribution is 5.94. The van der Waals surface area contributed by atoms with Crippen LogP contribution < -0.4 is 21.7 Å². The molecular weight excluding hydrogens is 520 g/mol. The SMILES string of the molecule is CCC(C)C(NC(=O)C(Cc1ccc(O)cc1)NC(=O)C(N)Cc1ccc(O)cc1)C(=O)NC(C(=O)O)C(C)O. The first-order valence-corrected chi connectivity index (χ1v) is 13.0. The van der Waals surface area contributed by atoms with Gasteiger partial charge in [0, 0.05) is 6.42 Å². The Bertz CT molecular complexity index is 1150. The van der Waals surface area contributed by atoms with Crippen LogP contribution in [0, 0.1) is 5.92 Å². The summed E-state index contributed by atoms with van der Waals surface area (Å²) in [6, 6.07) is 7.25. The van der Waals surface area contributed by atoms with Crippen LogP contribution in [0.2, 0.25) is 0 Å². The van der Waals surface area contributed by atoms with Crippen molar-refractivity contribution in [3.8, 4) is 11.5 Å². The van der Waals surface area contributed by atoms with E-state index in [1.165, 1.54) is 31.2 Å². The summed E-state index contributed by atoms with van der Waals surface area (Å²) in [5, 5.41) is 45.7. The van der Waals surface area contributed by atoms with Crippen LogP contribution in [0.5, 0.6) is 11.5 Å². The Morgan fingerprint density at radius 2 is 1.23 bits per heavy atom. The molecule has 0 spiro atoms. The van der Waals surface area contributed by atoms with Gasteiger partial charge in [-0.2, -0.15) is 0 Å². The monoisotopic (exact) mass is 558 g/mol. The maximum Gasteiger partial charge on any atom is 0.328 e. The molecule has 0 heterocycles. The van der Waals surface area contributed by atoms with Crippen LogP contribution in [0.25, 0.3) is 0 Å². The fourth-order valence-corrected chi connectivity index (χ4v) is 3.92. The number of phenols is 2. The van der Waals surface area contributed by atoms with Crippen molar-refractivity contribution in [2.75, 3.05) is 0 Å². The van der Waals surface area contributed by atoms with Crippen molar-refractivity contribution >= 4 is 23.7 Å². The minimum absolute atomic E-state index is 0.00402. The van der Waals surface area contributed by atoms with Gasteiger partial charge in [0.15, 0.2) is 6.04 Å². The van der Waals surface area contributed by atoms with Crippen molar-refractivity contribution in [2.45, 2.75) is 70.3 Å². The number of carboxylic acid groups (broad SMARTS) is 1. The number of hydrogen-bond acceptors (Lipinski definition) is 8. The molecule has 12 heteroatoms. The molecule has 3 amide bonds. The van der Waals surface area contributed by atoms with E-state index in [2.05, 4.69) is 16.0 Å². The average Bonchev–Trinajstić information content (AvgIpc) is 2.91. The molecule has 6 unspecified atom stereocenters. The number of carbonyl (C=O) groups excluding carboxylic acids is 3. The largest absolute Gasteiger partial charge is 0.508 e. The number of carboxylic acids is 1. The molecule has 2 rings (SSSR count). The van der Waals surface area contributed by atoms with Gasteiger partial charge in [-0.05, 0) is 54.7 Å². The number of aromatic hydroxyl groups is 2. The molecule has 0 saturated carbocycles. The first kappa shape index (κ1) is 32.1. The van der Waals surface area contributed by atoms with Gasteiger partial charge in [-0.3, -0.25) is 14.4 Å². The third kappa shape index (κ3) is 9.54. The summed E-state index contributed by atoms with van der Waals surface area (Å²) in [6.45, 7) is 4.71. The predicted molar refractivity (Wildman–Crippen MR) is 146 cm³/mol. The van der Waals surface area contributed by atoms with Crippen molar-refractivity contribution in [3.05, 3.63) is 59.7 Å².